The zero-order valence-electron chi connectivity index (χ0n) is 13.2. The number of rotatable bonds is 6. The van der Waals surface area contributed by atoms with Crippen molar-refractivity contribution in [1.82, 2.24) is 15.1 Å². The molecule has 0 aliphatic carbocycles. The van der Waals surface area contributed by atoms with E-state index < -0.39 is 23.7 Å². The van der Waals surface area contributed by atoms with Gasteiger partial charge in [0, 0.05) is 7.05 Å². The molecule has 0 saturated carbocycles. The van der Waals surface area contributed by atoms with Crippen LogP contribution in [0, 0.1) is 5.82 Å². The van der Waals surface area contributed by atoms with Gasteiger partial charge in [-0.1, -0.05) is 31.0 Å². The molecule has 1 aromatic heterocycles. The highest BCUT2D eigenvalue weighted by molar-refractivity contribution is 6.30. The van der Waals surface area contributed by atoms with Gasteiger partial charge in [-0.05, 0) is 30.2 Å². The lowest BCUT2D eigenvalue weighted by molar-refractivity contribution is -0.139. The van der Waals surface area contributed by atoms with Gasteiger partial charge < -0.3 is 10.4 Å². The largest absolute Gasteiger partial charge is 0.479 e. The topological polar surface area (TPSA) is 84.2 Å². The lowest BCUT2D eigenvalue weighted by Gasteiger charge is -2.15. The Morgan fingerprint density at radius 3 is 2.71 bits per heavy atom. The molecular formula is C16H17ClFN3O3. The lowest BCUT2D eigenvalue weighted by Crippen LogP contribution is -2.34. The molecule has 128 valence electrons. The number of carbonyl (C=O) groups excluding carboxylic acids is 1. The maximum Gasteiger partial charge on any atom is 0.330 e. The number of hydrogen-bond acceptors (Lipinski definition) is 3. The molecule has 0 bridgehead atoms. The van der Waals surface area contributed by atoms with Gasteiger partial charge in [-0.3, -0.25) is 9.48 Å². The van der Waals surface area contributed by atoms with Crippen LogP contribution in [0.25, 0.3) is 0 Å². The summed E-state index contributed by atoms with van der Waals surface area (Å²) >= 11 is 5.68. The molecule has 1 amide bonds. The van der Waals surface area contributed by atoms with Crippen molar-refractivity contribution in [3.8, 4) is 0 Å². The summed E-state index contributed by atoms with van der Waals surface area (Å²) in [6.45, 7) is 1.99. The summed E-state index contributed by atoms with van der Waals surface area (Å²) in [5, 5.41) is 15.8. The van der Waals surface area contributed by atoms with E-state index in [0.29, 0.717) is 0 Å². The van der Waals surface area contributed by atoms with Gasteiger partial charge in [0.15, 0.2) is 6.04 Å². The number of nitrogens with zero attached hydrogens (tertiary/aromatic N) is 2. The Kier molecular flexibility index (Phi) is 5.56. The Morgan fingerprint density at radius 1 is 1.42 bits per heavy atom. The lowest BCUT2D eigenvalue weighted by atomic mass is 10.1. The average molecular weight is 354 g/mol. The molecule has 2 rings (SSSR count). The molecule has 0 saturated heterocycles. The fraction of sp³-hybridized carbons (Fsp3) is 0.312. The van der Waals surface area contributed by atoms with Crippen molar-refractivity contribution in [2.75, 3.05) is 0 Å². The molecule has 6 nitrogen and oxygen atoms in total. The smallest absolute Gasteiger partial charge is 0.330 e. The summed E-state index contributed by atoms with van der Waals surface area (Å²) in [4.78, 5) is 23.9. The molecule has 0 aliphatic rings. The van der Waals surface area contributed by atoms with E-state index in [-0.39, 0.29) is 16.3 Å². The molecule has 0 aliphatic heterocycles. The molecule has 8 heteroatoms. The maximum atomic E-state index is 13.2. The molecule has 0 unspecified atom stereocenters. The third-order valence-corrected chi connectivity index (χ3v) is 3.76. The molecule has 2 N–H and O–H groups in total. The van der Waals surface area contributed by atoms with Crippen molar-refractivity contribution >= 4 is 23.5 Å². The van der Waals surface area contributed by atoms with Crippen LogP contribution in [0.3, 0.4) is 0 Å². The number of nitrogens with one attached hydrogen (secondary N) is 1. The molecule has 1 heterocycles. The summed E-state index contributed by atoms with van der Waals surface area (Å²) in [5.41, 5.74) is 1.18. The van der Waals surface area contributed by atoms with Crippen molar-refractivity contribution in [3.05, 3.63) is 52.1 Å². The van der Waals surface area contributed by atoms with Gasteiger partial charge in [0.25, 0.3) is 5.91 Å². The summed E-state index contributed by atoms with van der Waals surface area (Å²) in [7, 11) is 1.61. The minimum absolute atomic E-state index is 0.179. The summed E-state index contributed by atoms with van der Waals surface area (Å²) in [6, 6.07) is 3.78. The van der Waals surface area contributed by atoms with Crippen molar-refractivity contribution in [2.24, 2.45) is 7.05 Å². The molecule has 1 aromatic carbocycles. The molecule has 0 spiro atoms. The molecule has 2 aromatic rings. The number of carboxylic acid groups (broad SMARTS) is 1. The Bertz CT molecular complexity index is 776. The van der Waals surface area contributed by atoms with E-state index in [1.807, 2.05) is 6.92 Å². The van der Waals surface area contributed by atoms with Gasteiger partial charge in [-0.2, -0.15) is 5.10 Å². The van der Waals surface area contributed by atoms with Crippen LogP contribution in [-0.2, 0) is 18.3 Å². The number of carboxylic acids is 1. The third-order valence-electron chi connectivity index (χ3n) is 3.47. The highest BCUT2D eigenvalue weighted by Gasteiger charge is 2.25. The second kappa shape index (κ2) is 7.44. The molecule has 24 heavy (non-hydrogen) atoms. The van der Waals surface area contributed by atoms with E-state index in [1.165, 1.54) is 16.8 Å². The van der Waals surface area contributed by atoms with Crippen LogP contribution in [0.4, 0.5) is 4.39 Å². The summed E-state index contributed by atoms with van der Waals surface area (Å²) in [6.07, 6.45) is 1.60. The van der Waals surface area contributed by atoms with E-state index in [2.05, 4.69) is 10.4 Å². The first-order valence-electron chi connectivity index (χ1n) is 7.35. The number of aromatic nitrogens is 2. The predicted octanol–water partition coefficient (Wildman–Crippen LogP) is 2.72. The van der Waals surface area contributed by atoms with Gasteiger partial charge in [0.05, 0.1) is 10.7 Å². The quantitative estimate of drug-likeness (QED) is 0.836. The standard InChI is InChI=1S/C16H17ClFN3O3/c1-3-4-10-8-13(21(2)20-10)15(22)19-14(16(23)24)9-5-6-12(18)11(17)7-9/h5-8,14H,3-4H2,1-2H3,(H,19,22)(H,23,24)/t14-/m0/s1. The van der Waals surface area contributed by atoms with E-state index in [1.54, 1.807) is 13.1 Å². The SMILES string of the molecule is CCCc1cc(C(=O)N[C@H](C(=O)O)c2ccc(F)c(Cl)c2)n(C)n1. The number of aryl methyl sites for hydroxylation is 2. The van der Waals surface area contributed by atoms with Gasteiger partial charge >= 0.3 is 5.97 Å². The van der Waals surface area contributed by atoms with Gasteiger partial charge in [0.1, 0.15) is 11.5 Å². The van der Waals surface area contributed by atoms with Crippen LogP contribution in [0.2, 0.25) is 5.02 Å². The molecule has 0 fully saturated rings. The monoisotopic (exact) mass is 353 g/mol. The Labute approximate surface area is 143 Å². The third kappa shape index (κ3) is 3.91. The Morgan fingerprint density at radius 2 is 2.12 bits per heavy atom. The van der Waals surface area contributed by atoms with Crippen molar-refractivity contribution in [3.63, 3.8) is 0 Å². The van der Waals surface area contributed by atoms with Gasteiger partial charge in [-0.25, -0.2) is 9.18 Å². The minimum Gasteiger partial charge on any atom is -0.479 e. The minimum atomic E-state index is -1.35. The van der Waals surface area contributed by atoms with Crippen LogP contribution in [0.5, 0.6) is 0 Å². The van der Waals surface area contributed by atoms with Crippen LogP contribution < -0.4 is 5.32 Å². The normalized spacial score (nSPS) is 12.0. The zero-order chi connectivity index (χ0) is 17.9. The number of aliphatic carboxylic acids is 1. The number of halogens is 2. The number of hydrogen-bond donors (Lipinski definition) is 2. The Hall–Kier alpha value is -2.41. The Balaban J connectivity index is 2.25. The number of benzene rings is 1. The van der Waals surface area contributed by atoms with E-state index in [0.717, 1.165) is 24.6 Å². The second-order valence-corrected chi connectivity index (χ2v) is 5.72. The molecule has 0 radical (unpaired) electrons. The van der Waals surface area contributed by atoms with Crippen LogP contribution in [0.15, 0.2) is 24.3 Å². The second-order valence-electron chi connectivity index (χ2n) is 5.31. The van der Waals surface area contributed by atoms with Crippen molar-refractivity contribution in [1.29, 1.82) is 0 Å². The molecule has 1 atom stereocenters. The van der Waals surface area contributed by atoms with Crippen LogP contribution in [-0.4, -0.2) is 26.8 Å². The van der Waals surface area contributed by atoms with Gasteiger partial charge in [-0.15, -0.1) is 0 Å². The van der Waals surface area contributed by atoms with E-state index >= 15 is 0 Å². The number of carbonyl (C=O) groups is 2. The summed E-state index contributed by atoms with van der Waals surface area (Å²) < 4.78 is 14.6. The van der Waals surface area contributed by atoms with Crippen molar-refractivity contribution in [2.45, 2.75) is 25.8 Å². The van der Waals surface area contributed by atoms with E-state index in [4.69, 9.17) is 11.6 Å². The predicted molar refractivity (Wildman–Crippen MR) is 86.5 cm³/mol. The first-order valence-corrected chi connectivity index (χ1v) is 7.72. The van der Waals surface area contributed by atoms with Crippen molar-refractivity contribution < 1.29 is 19.1 Å². The van der Waals surface area contributed by atoms with Crippen LogP contribution >= 0.6 is 11.6 Å². The summed E-state index contributed by atoms with van der Waals surface area (Å²) in [5.74, 6) is -2.52. The highest BCUT2D eigenvalue weighted by atomic mass is 35.5. The molecular weight excluding hydrogens is 337 g/mol. The number of amides is 1. The fourth-order valence-corrected chi connectivity index (χ4v) is 2.49. The van der Waals surface area contributed by atoms with Crippen LogP contribution in [0.1, 0.15) is 41.1 Å². The average Bonchev–Trinajstić information content (AvgIpc) is 2.88. The fourth-order valence-electron chi connectivity index (χ4n) is 2.30. The zero-order valence-corrected chi connectivity index (χ0v) is 14.0. The first kappa shape index (κ1) is 17.9. The first-order chi connectivity index (χ1) is 11.3. The maximum absolute atomic E-state index is 13.2. The van der Waals surface area contributed by atoms with E-state index in [9.17, 15) is 19.1 Å². The van der Waals surface area contributed by atoms with Gasteiger partial charge in [0.2, 0.25) is 0 Å². The highest BCUT2D eigenvalue weighted by Crippen LogP contribution is 2.21.